The Hall–Kier alpha value is -1.04. The maximum atomic E-state index is 9.09. The van der Waals surface area contributed by atoms with Gasteiger partial charge in [0, 0.05) is 6.54 Å². The van der Waals surface area contributed by atoms with E-state index >= 15 is 0 Å². The van der Waals surface area contributed by atoms with Crippen LogP contribution in [-0.2, 0) is 0 Å². The molecular weight excluding hydrogens is 241 g/mol. The number of rotatable bonds is 9. The quantitative estimate of drug-likeness (QED) is 0.650. The standard InChI is InChI=1S/C14H24BNO3/c1-3-8-16(9-4-2)10-11-19-14-7-5-6-13(12-14)15(17)18/h5-7,12,17-18H,3-4,8-11H2,1-2H3. The Kier molecular flexibility index (Phi) is 7.56. The Bertz CT molecular complexity index is 354. The summed E-state index contributed by atoms with van der Waals surface area (Å²) in [6, 6.07) is 6.92. The smallest absolute Gasteiger partial charge is 0.488 e. The lowest BCUT2D eigenvalue weighted by molar-refractivity contribution is 0.209. The summed E-state index contributed by atoms with van der Waals surface area (Å²) in [6.07, 6.45) is 2.29. The highest BCUT2D eigenvalue weighted by molar-refractivity contribution is 6.58. The first kappa shape index (κ1) is 16.0. The maximum absolute atomic E-state index is 9.09. The van der Waals surface area contributed by atoms with E-state index in [-0.39, 0.29) is 0 Å². The van der Waals surface area contributed by atoms with Crippen molar-refractivity contribution in [2.75, 3.05) is 26.2 Å². The molecule has 0 saturated carbocycles. The molecule has 0 aliphatic carbocycles. The molecule has 5 heteroatoms. The maximum Gasteiger partial charge on any atom is 0.488 e. The molecule has 0 bridgehead atoms. The molecule has 0 atom stereocenters. The first-order chi connectivity index (χ1) is 9.17. The van der Waals surface area contributed by atoms with E-state index in [1.807, 2.05) is 6.07 Å². The number of benzene rings is 1. The van der Waals surface area contributed by atoms with Crippen LogP contribution < -0.4 is 10.2 Å². The van der Waals surface area contributed by atoms with E-state index in [0.29, 0.717) is 17.8 Å². The van der Waals surface area contributed by atoms with Crippen LogP contribution in [0.25, 0.3) is 0 Å². The van der Waals surface area contributed by atoms with Gasteiger partial charge in [-0.15, -0.1) is 0 Å². The number of hydrogen-bond acceptors (Lipinski definition) is 4. The van der Waals surface area contributed by atoms with E-state index in [0.717, 1.165) is 32.5 Å². The zero-order valence-electron chi connectivity index (χ0n) is 11.9. The Morgan fingerprint density at radius 3 is 2.37 bits per heavy atom. The molecule has 106 valence electrons. The van der Waals surface area contributed by atoms with Gasteiger partial charge in [-0.2, -0.15) is 0 Å². The molecule has 19 heavy (non-hydrogen) atoms. The molecule has 0 fully saturated rings. The number of ether oxygens (including phenoxy) is 1. The molecule has 0 radical (unpaired) electrons. The van der Waals surface area contributed by atoms with E-state index in [2.05, 4.69) is 18.7 Å². The lowest BCUT2D eigenvalue weighted by Gasteiger charge is -2.20. The highest BCUT2D eigenvalue weighted by Gasteiger charge is 2.11. The van der Waals surface area contributed by atoms with Crippen LogP contribution in [0, 0.1) is 0 Å². The van der Waals surface area contributed by atoms with Crippen molar-refractivity contribution in [1.82, 2.24) is 4.90 Å². The predicted octanol–water partition coefficient (Wildman–Crippen LogP) is 0.867. The van der Waals surface area contributed by atoms with Crippen molar-refractivity contribution in [3.8, 4) is 5.75 Å². The summed E-state index contributed by atoms with van der Waals surface area (Å²) in [5, 5.41) is 18.2. The molecule has 0 aliphatic rings. The first-order valence-electron chi connectivity index (χ1n) is 6.98. The van der Waals surface area contributed by atoms with E-state index in [1.165, 1.54) is 0 Å². The van der Waals surface area contributed by atoms with Gasteiger partial charge in [-0.1, -0.05) is 26.0 Å². The normalized spacial score (nSPS) is 10.8. The van der Waals surface area contributed by atoms with E-state index in [4.69, 9.17) is 14.8 Å². The first-order valence-corrected chi connectivity index (χ1v) is 6.98. The second-order valence-electron chi connectivity index (χ2n) is 4.64. The summed E-state index contributed by atoms with van der Waals surface area (Å²) in [7, 11) is -1.44. The lowest BCUT2D eigenvalue weighted by atomic mass is 9.80. The summed E-state index contributed by atoms with van der Waals surface area (Å²) in [6.45, 7) is 8.04. The second-order valence-corrected chi connectivity index (χ2v) is 4.64. The molecule has 4 nitrogen and oxygen atoms in total. The van der Waals surface area contributed by atoms with Crippen LogP contribution in [0.5, 0.6) is 5.75 Å². The SMILES string of the molecule is CCCN(CCC)CCOc1cccc(B(O)O)c1. The Morgan fingerprint density at radius 2 is 1.79 bits per heavy atom. The van der Waals surface area contributed by atoms with Gasteiger partial charge in [0.2, 0.25) is 0 Å². The summed E-state index contributed by atoms with van der Waals surface area (Å²) in [4.78, 5) is 2.38. The fourth-order valence-electron chi connectivity index (χ4n) is 2.03. The van der Waals surface area contributed by atoms with Crippen molar-refractivity contribution in [3.05, 3.63) is 24.3 Å². The van der Waals surface area contributed by atoms with E-state index in [9.17, 15) is 0 Å². The van der Waals surface area contributed by atoms with Gasteiger partial charge in [-0.05, 0) is 43.5 Å². The second kappa shape index (κ2) is 8.96. The monoisotopic (exact) mass is 265 g/mol. The zero-order chi connectivity index (χ0) is 14.1. The average Bonchev–Trinajstić information content (AvgIpc) is 2.39. The van der Waals surface area contributed by atoms with Crippen LogP contribution >= 0.6 is 0 Å². The summed E-state index contributed by atoms with van der Waals surface area (Å²) < 4.78 is 5.66. The number of hydrogen-bond donors (Lipinski definition) is 2. The van der Waals surface area contributed by atoms with Crippen molar-refractivity contribution in [2.45, 2.75) is 26.7 Å². The predicted molar refractivity (Wildman–Crippen MR) is 78.8 cm³/mol. The minimum absolute atomic E-state index is 0.455. The molecule has 0 aliphatic heterocycles. The third-order valence-corrected chi connectivity index (χ3v) is 2.91. The molecule has 0 heterocycles. The van der Waals surface area contributed by atoms with Crippen molar-refractivity contribution in [2.24, 2.45) is 0 Å². The van der Waals surface area contributed by atoms with Gasteiger partial charge in [-0.25, -0.2) is 0 Å². The van der Waals surface area contributed by atoms with E-state index < -0.39 is 7.12 Å². The van der Waals surface area contributed by atoms with Gasteiger partial charge in [0.05, 0.1) is 0 Å². The molecule has 0 aromatic heterocycles. The van der Waals surface area contributed by atoms with Crippen LogP contribution in [0.4, 0.5) is 0 Å². The summed E-state index contributed by atoms with van der Waals surface area (Å²) in [5.41, 5.74) is 0.455. The molecule has 0 amide bonds. The Balaban J connectivity index is 2.41. The van der Waals surface area contributed by atoms with Gasteiger partial charge in [0.25, 0.3) is 0 Å². The van der Waals surface area contributed by atoms with Gasteiger partial charge < -0.3 is 14.8 Å². The third-order valence-electron chi connectivity index (χ3n) is 2.91. The van der Waals surface area contributed by atoms with Crippen molar-refractivity contribution >= 4 is 12.6 Å². The molecule has 2 N–H and O–H groups in total. The van der Waals surface area contributed by atoms with Crippen LogP contribution in [0.3, 0.4) is 0 Å². The fraction of sp³-hybridized carbons (Fsp3) is 0.571. The van der Waals surface area contributed by atoms with Crippen molar-refractivity contribution < 1.29 is 14.8 Å². The molecule has 1 aromatic carbocycles. The van der Waals surface area contributed by atoms with E-state index in [1.54, 1.807) is 18.2 Å². The zero-order valence-corrected chi connectivity index (χ0v) is 11.9. The Labute approximate surface area is 116 Å². The lowest BCUT2D eigenvalue weighted by Crippen LogP contribution is -2.31. The van der Waals surface area contributed by atoms with Crippen molar-refractivity contribution in [3.63, 3.8) is 0 Å². The highest BCUT2D eigenvalue weighted by Crippen LogP contribution is 2.07. The molecule has 0 unspecified atom stereocenters. The fourth-order valence-corrected chi connectivity index (χ4v) is 2.03. The minimum Gasteiger partial charge on any atom is -0.492 e. The van der Waals surface area contributed by atoms with Crippen LogP contribution in [-0.4, -0.2) is 48.3 Å². The molecule has 1 rings (SSSR count). The topological polar surface area (TPSA) is 52.9 Å². The highest BCUT2D eigenvalue weighted by atomic mass is 16.5. The van der Waals surface area contributed by atoms with Gasteiger partial charge in [0.15, 0.2) is 0 Å². The van der Waals surface area contributed by atoms with Gasteiger partial charge in [0.1, 0.15) is 12.4 Å². The number of nitrogens with zero attached hydrogens (tertiary/aromatic N) is 1. The molecule has 0 spiro atoms. The average molecular weight is 265 g/mol. The molecular formula is C14H24BNO3. The minimum atomic E-state index is -1.44. The third kappa shape index (κ3) is 6.10. The summed E-state index contributed by atoms with van der Waals surface area (Å²) >= 11 is 0. The largest absolute Gasteiger partial charge is 0.492 e. The molecule has 1 aromatic rings. The summed E-state index contributed by atoms with van der Waals surface area (Å²) in [5.74, 6) is 0.679. The van der Waals surface area contributed by atoms with Crippen LogP contribution in [0.15, 0.2) is 24.3 Å². The molecule has 0 saturated heterocycles. The van der Waals surface area contributed by atoms with Gasteiger partial charge >= 0.3 is 7.12 Å². The van der Waals surface area contributed by atoms with Crippen LogP contribution in [0.1, 0.15) is 26.7 Å². The Morgan fingerprint density at radius 1 is 1.11 bits per heavy atom. The van der Waals surface area contributed by atoms with Gasteiger partial charge in [-0.3, -0.25) is 4.90 Å². The van der Waals surface area contributed by atoms with Crippen molar-refractivity contribution in [1.29, 1.82) is 0 Å². The van der Waals surface area contributed by atoms with Crippen LogP contribution in [0.2, 0.25) is 0 Å².